The van der Waals surface area contributed by atoms with Gasteiger partial charge in [-0.2, -0.15) is 0 Å². The number of imide groups is 1. The predicted molar refractivity (Wildman–Crippen MR) is 110 cm³/mol. The minimum absolute atomic E-state index is 0.0948. The molecule has 3 rings (SSSR count). The number of nitrogens with zero attached hydrogens (tertiary/aromatic N) is 1. The zero-order valence-electron chi connectivity index (χ0n) is 14.3. The van der Waals surface area contributed by atoms with E-state index in [1.807, 2.05) is 0 Å². The van der Waals surface area contributed by atoms with Crippen molar-refractivity contribution < 1.29 is 18.7 Å². The van der Waals surface area contributed by atoms with Crippen LogP contribution in [0.15, 0.2) is 51.0 Å². The Bertz CT molecular complexity index is 1010. The first-order valence-electron chi connectivity index (χ1n) is 8.04. The van der Waals surface area contributed by atoms with Crippen LogP contribution in [0.25, 0.3) is 6.08 Å². The number of urea groups is 1. The third kappa shape index (κ3) is 4.26. The molecule has 0 unspecified atom stereocenters. The van der Waals surface area contributed by atoms with Crippen LogP contribution in [0, 0.1) is 18.2 Å². The van der Waals surface area contributed by atoms with E-state index in [1.165, 1.54) is 18.2 Å². The molecule has 28 heavy (non-hydrogen) atoms. The Labute approximate surface area is 177 Å². The minimum atomic E-state index is -0.605. The average Bonchev–Trinajstić information content (AvgIpc) is 2.90. The van der Waals surface area contributed by atoms with Crippen molar-refractivity contribution in [3.05, 3.63) is 68.0 Å². The Morgan fingerprint density at radius 1 is 1.21 bits per heavy atom. The average molecular weight is 508 g/mol. The van der Waals surface area contributed by atoms with E-state index in [2.05, 4.69) is 43.1 Å². The van der Waals surface area contributed by atoms with Crippen LogP contribution < -0.4 is 10.1 Å². The minimum Gasteiger partial charge on any atom is -0.479 e. The molecule has 0 aliphatic carbocycles. The first kappa shape index (κ1) is 20.1. The van der Waals surface area contributed by atoms with Crippen LogP contribution in [-0.2, 0) is 11.3 Å². The highest BCUT2D eigenvalue weighted by molar-refractivity contribution is 9.11. The maximum atomic E-state index is 13.8. The predicted octanol–water partition coefficient (Wildman–Crippen LogP) is 4.46. The lowest BCUT2D eigenvalue weighted by Gasteiger charge is -2.12. The lowest BCUT2D eigenvalue weighted by atomic mass is 10.1. The molecule has 1 heterocycles. The van der Waals surface area contributed by atoms with E-state index in [0.29, 0.717) is 20.3 Å². The Morgan fingerprint density at radius 3 is 2.54 bits per heavy atom. The van der Waals surface area contributed by atoms with Crippen LogP contribution in [0.3, 0.4) is 0 Å². The molecule has 0 spiro atoms. The highest BCUT2D eigenvalue weighted by Crippen LogP contribution is 2.35. The summed E-state index contributed by atoms with van der Waals surface area (Å²) in [5, 5.41) is 2.52. The maximum absolute atomic E-state index is 13.8. The van der Waals surface area contributed by atoms with Gasteiger partial charge in [-0.15, -0.1) is 6.42 Å². The molecule has 1 aliphatic heterocycles. The van der Waals surface area contributed by atoms with Crippen LogP contribution >= 0.6 is 31.9 Å². The van der Waals surface area contributed by atoms with Gasteiger partial charge in [0.2, 0.25) is 0 Å². The summed E-state index contributed by atoms with van der Waals surface area (Å²) in [6.07, 6.45) is 6.73. The van der Waals surface area contributed by atoms with Gasteiger partial charge in [-0.3, -0.25) is 9.69 Å². The number of carbonyl (C=O) groups is 2. The van der Waals surface area contributed by atoms with Crippen LogP contribution in [-0.4, -0.2) is 23.4 Å². The van der Waals surface area contributed by atoms with E-state index in [-0.39, 0.29) is 24.4 Å². The zero-order valence-corrected chi connectivity index (χ0v) is 17.5. The maximum Gasteiger partial charge on any atom is 0.329 e. The smallest absolute Gasteiger partial charge is 0.329 e. The molecule has 1 fully saturated rings. The topological polar surface area (TPSA) is 58.6 Å². The number of carbonyl (C=O) groups excluding carboxylic acids is 2. The fraction of sp³-hybridized carbons (Fsp3) is 0.100. The summed E-state index contributed by atoms with van der Waals surface area (Å²) in [7, 11) is 0. The monoisotopic (exact) mass is 506 g/mol. The second-order valence-corrected chi connectivity index (χ2v) is 7.49. The van der Waals surface area contributed by atoms with E-state index in [9.17, 15) is 14.0 Å². The van der Waals surface area contributed by atoms with Crippen molar-refractivity contribution in [2.24, 2.45) is 0 Å². The summed E-state index contributed by atoms with van der Waals surface area (Å²) >= 11 is 6.78. The summed E-state index contributed by atoms with van der Waals surface area (Å²) in [4.78, 5) is 25.7. The van der Waals surface area contributed by atoms with E-state index in [0.717, 1.165) is 4.90 Å². The standard InChI is InChI=1S/C20H13Br2FN2O3/c1-2-7-28-18-14(21)8-12(9-15(18)22)10-17-19(26)25(20(27)24-17)11-13-5-3-4-6-16(13)23/h1,3-6,8-10H,7,11H2,(H,24,27)/b17-10+. The molecule has 1 saturated heterocycles. The molecule has 8 heteroatoms. The van der Waals surface area contributed by atoms with Gasteiger partial charge in [0.15, 0.2) is 0 Å². The summed E-state index contributed by atoms with van der Waals surface area (Å²) in [6.45, 7) is -0.0435. The van der Waals surface area contributed by atoms with Gasteiger partial charge in [-0.1, -0.05) is 24.1 Å². The third-order valence-electron chi connectivity index (χ3n) is 3.88. The SMILES string of the molecule is C#CCOc1c(Br)cc(/C=C2/NC(=O)N(Cc3ccccc3F)C2=O)cc1Br. The van der Waals surface area contributed by atoms with Gasteiger partial charge in [-0.05, 0) is 61.7 Å². The van der Waals surface area contributed by atoms with E-state index < -0.39 is 17.8 Å². The lowest BCUT2D eigenvalue weighted by molar-refractivity contribution is -0.123. The quantitative estimate of drug-likeness (QED) is 0.369. The highest BCUT2D eigenvalue weighted by atomic mass is 79.9. The highest BCUT2D eigenvalue weighted by Gasteiger charge is 2.34. The Morgan fingerprint density at radius 2 is 1.89 bits per heavy atom. The van der Waals surface area contributed by atoms with Crippen LogP contribution in [0.5, 0.6) is 5.75 Å². The fourth-order valence-corrected chi connectivity index (χ4v) is 4.04. The number of hydrogen-bond acceptors (Lipinski definition) is 3. The molecule has 0 saturated carbocycles. The van der Waals surface area contributed by atoms with Gasteiger partial charge in [0.25, 0.3) is 5.91 Å². The van der Waals surface area contributed by atoms with Gasteiger partial charge in [0, 0.05) is 5.56 Å². The molecule has 0 bridgehead atoms. The second-order valence-electron chi connectivity index (χ2n) is 5.78. The molecular weight excluding hydrogens is 495 g/mol. The first-order valence-corrected chi connectivity index (χ1v) is 9.62. The molecule has 0 radical (unpaired) electrons. The summed E-state index contributed by atoms with van der Waals surface area (Å²) < 4.78 is 20.5. The molecule has 1 N–H and O–H groups in total. The number of nitrogens with one attached hydrogen (secondary N) is 1. The first-order chi connectivity index (χ1) is 13.4. The zero-order chi connectivity index (χ0) is 20.3. The summed E-state index contributed by atoms with van der Waals surface area (Å²) in [6, 6.07) is 8.84. The van der Waals surface area contributed by atoms with Gasteiger partial charge in [-0.25, -0.2) is 9.18 Å². The molecule has 1 aliphatic rings. The summed E-state index contributed by atoms with van der Waals surface area (Å²) in [5.74, 6) is 1.90. The van der Waals surface area contributed by atoms with Crippen molar-refractivity contribution in [3.63, 3.8) is 0 Å². The van der Waals surface area contributed by atoms with Crippen LogP contribution in [0.1, 0.15) is 11.1 Å². The number of ether oxygens (including phenoxy) is 1. The fourth-order valence-electron chi connectivity index (χ4n) is 2.59. The normalized spacial score (nSPS) is 14.9. The van der Waals surface area contributed by atoms with Gasteiger partial charge in [0.1, 0.15) is 23.9 Å². The molecule has 0 aromatic heterocycles. The molecular formula is C20H13Br2FN2O3. The number of terminal acetylenes is 1. The molecule has 2 aromatic carbocycles. The molecule has 3 amide bonds. The molecule has 0 atom stereocenters. The van der Waals surface area contributed by atoms with Crippen molar-refractivity contribution in [2.75, 3.05) is 6.61 Å². The number of amides is 3. The summed E-state index contributed by atoms with van der Waals surface area (Å²) in [5.41, 5.74) is 0.994. The van der Waals surface area contributed by atoms with Gasteiger partial charge in [0.05, 0.1) is 15.5 Å². The Kier molecular flexibility index (Phi) is 6.17. The number of halogens is 3. The number of rotatable bonds is 5. The molecule has 5 nitrogen and oxygen atoms in total. The second kappa shape index (κ2) is 8.59. The third-order valence-corrected chi connectivity index (χ3v) is 5.06. The molecule has 2 aromatic rings. The number of benzene rings is 2. The van der Waals surface area contributed by atoms with E-state index in [1.54, 1.807) is 24.3 Å². The lowest BCUT2D eigenvalue weighted by Crippen LogP contribution is -2.30. The Hall–Kier alpha value is -2.63. The largest absolute Gasteiger partial charge is 0.479 e. The van der Waals surface area contributed by atoms with Crippen molar-refractivity contribution >= 4 is 49.9 Å². The van der Waals surface area contributed by atoms with Crippen molar-refractivity contribution in [3.8, 4) is 18.1 Å². The van der Waals surface area contributed by atoms with Crippen molar-refractivity contribution in [1.29, 1.82) is 0 Å². The van der Waals surface area contributed by atoms with Gasteiger partial charge < -0.3 is 10.1 Å². The van der Waals surface area contributed by atoms with Crippen molar-refractivity contribution in [1.82, 2.24) is 10.2 Å². The Balaban J connectivity index is 1.84. The van der Waals surface area contributed by atoms with Gasteiger partial charge >= 0.3 is 6.03 Å². The van der Waals surface area contributed by atoms with Crippen molar-refractivity contribution in [2.45, 2.75) is 6.54 Å². The van der Waals surface area contributed by atoms with Crippen LogP contribution in [0.2, 0.25) is 0 Å². The van der Waals surface area contributed by atoms with E-state index in [4.69, 9.17) is 11.2 Å². The molecule has 142 valence electrons. The van der Waals surface area contributed by atoms with Crippen LogP contribution in [0.4, 0.5) is 9.18 Å². The number of hydrogen-bond donors (Lipinski definition) is 1. The van der Waals surface area contributed by atoms with E-state index >= 15 is 0 Å².